The lowest BCUT2D eigenvalue weighted by atomic mass is 10.2. The van der Waals surface area contributed by atoms with Crippen molar-refractivity contribution in [2.75, 3.05) is 13.2 Å². The van der Waals surface area contributed by atoms with Gasteiger partial charge in [0, 0.05) is 5.92 Å². The van der Waals surface area contributed by atoms with Crippen LogP contribution in [0.3, 0.4) is 0 Å². The van der Waals surface area contributed by atoms with Crippen LogP contribution in [0, 0.1) is 11.8 Å². The molecule has 1 amide bonds. The minimum atomic E-state index is -0.530. The Labute approximate surface area is 77.3 Å². The van der Waals surface area contributed by atoms with E-state index in [-0.39, 0.29) is 17.9 Å². The van der Waals surface area contributed by atoms with Crippen molar-refractivity contribution in [3.05, 3.63) is 0 Å². The SMILES string of the molecule is C[C@H]1C[C@@H]1C(=O)NC1COCC1O. The molecule has 4 heteroatoms. The van der Waals surface area contributed by atoms with Gasteiger partial charge in [0.15, 0.2) is 0 Å². The maximum atomic E-state index is 11.4. The second-order valence-corrected chi connectivity index (χ2v) is 4.04. The van der Waals surface area contributed by atoms with Gasteiger partial charge in [-0.3, -0.25) is 4.79 Å². The van der Waals surface area contributed by atoms with E-state index in [1.807, 2.05) is 0 Å². The van der Waals surface area contributed by atoms with E-state index in [4.69, 9.17) is 4.74 Å². The van der Waals surface area contributed by atoms with Crippen LogP contribution in [0.4, 0.5) is 0 Å². The maximum absolute atomic E-state index is 11.4. The molecular weight excluding hydrogens is 170 g/mol. The summed E-state index contributed by atoms with van der Waals surface area (Å²) in [6.45, 7) is 2.84. The zero-order valence-electron chi connectivity index (χ0n) is 7.69. The smallest absolute Gasteiger partial charge is 0.223 e. The van der Waals surface area contributed by atoms with Crippen LogP contribution in [0.2, 0.25) is 0 Å². The van der Waals surface area contributed by atoms with E-state index >= 15 is 0 Å². The third kappa shape index (κ3) is 1.84. The second kappa shape index (κ2) is 3.27. The first-order valence-electron chi connectivity index (χ1n) is 4.74. The second-order valence-electron chi connectivity index (χ2n) is 4.04. The van der Waals surface area contributed by atoms with Crippen molar-refractivity contribution in [2.45, 2.75) is 25.5 Å². The van der Waals surface area contributed by atoms with Gasteiger partial charge in [0.25, 0.3) is 0 Å². The van der Waals surface area contributed by atoms with Crippen LogP contribution in [-0.2, 0) is 9.53 Å². The molecule has 13 heavy (non-hydrogen) atoms. The summed E-state index contributed by atoms with van der Waals surface area (Å²) in [7, 11) is 0. The number of aliphatic hydroxyl groups is 1. The molecule has 1 heterocycles. The fraction of sp³-hybridized carbons (Fsp3) is 0.889. The Morgan fingerprint density at radius 1 is 1.54 bits per heavy atom. The minimum absolute atomic E-state index is 0.0713. The summed E-state index contributed by atoms with van der Waals surface area (Å²) in [5, 5.41) is 12.2. The number of carbonyl (C=O) groups excluding carboxylic acids is 1. The van der Waals surface area contributed by atoms with Crippen LogP contribution in [0.15, 0.2) is 0 Å². The number of aliphatic hydroxyl groups excluding tert-OH is 1. The third-order valence-corrected chi connectivity index (χ3v) is 2.82. The number of amides is 1. The summed E-state index contributed by atoms with van der Waals surface area (Å²) in [5.74, 6) is 0.759. The summed E-state index contributed by atoms with van der Waals surface area (Å²) in [6.07, 6.45) is 0.452. The van der Waals surface area contributed by atoms with E-state index in [1.54, 1.807) is 0 Å². The first-order valence-corrected chi connectivity index (χ1v) is 4.74. The molecule has 2 unspecified atom stereocenters. The minimum Gasteiger partial charge on any atom is -0.388 e. The lowest BCUT2D eigenvalue weighted by Crippen LogP contribution is -2.43. The lowest BCUT2D eigenvalue weighted by Gasteiger charge is -2.14. The van der Waals surface area contributed by atoms with E-state index in [2.05, 4.69) is 12.2 Å². The summed E-state index contributed by atoms with van der Waals surface area (Å²) in [5.41, 5.74) is 0. The molecule has 74 valence electrons. The maximum Gasteiger partial charge on any atom is 0.223 e. The highest BCUT2D eigenvalue weighted by atomic mass is 16.5. The summed E-state index contributed by atoms with van der Waals surface area (Å²) in [6, 6.07) is -0.194. The monoisotopic (exact) mass is 185 g/mol. The van der Waals surface area contributed by atoms with Gasteiger partial charge in [-0.1, -0.05) is 6.92 Å². The first-order chi connectivity index (χ1) is 6.18. The Hall–Kier alpha value is -0.610. The van der Waals surface area contributed by atoms with Crippen LogP contribution in [-0.4, -0.2) is 36.4 Å². The van der Waals surface area contributed by atoms with Crippen molar-refractivity contribution in [1.82, 2.24) is 5.32 Å². The molecule has 0 radical (unpaired) electrons. The summed E-state index contributed by atoms with van der Waals surface area (Å²) in [4.78, 5) is 11.4. The molecule has 0 bridgehead atoms. The standard InChI is InChI=1S/C9H15NO3/c1-5-2-6(5)9(12)10-7-3-13-4-8(7)11/h5-8,11H,2-4H2,1H3,(H,10,12)/t5-,6-,7?,8?/m0/s1. The van der Waals surface area contributed by atoms with Crippen LogP contribution >= 0.6 is 0 Å². The number of carbonyl (C=O) groups is 1. The zero-order chi connectivity index (χ0) is 9.42. The predicted octanol–water partition coefficient (Wildman–Crippen LogP) is -0.482. The molecule has 0 spiro atoms. The fourth-order valence-corrected chi connectivity index (χ4v) is 1.66. The number of ether oxygens (including phenoxy) is 1. The Bertz CT molecular complexity index is 219. The highest BCUT2D eigenvalue weighted by Crippen LogP contribution is 2.37. The Morgan fingerprint density at radius 2 is 2.23 bits per heavy atom. The first kappa shape index (κ1) is 8.97. The van der Waals surface area contributed by atoms with E-state index in [1.165, 1.54) is 0 Å². The van der Waals surface area contributed by atoms with Gasteiger partial charge in [0.05, 0.1) is 25.4 Å². The van der Waals surface area contributed by atoms with E-state index in [0.717, 1.165) is 6.42 Å². The van der Waals surface area contributed by atoms with Crippen LogP contribution in [0.25, 0.3) is 0 Å². The number of hydrogen-bond donors (Lipinski definition) is 2. The van der Waals surface area contributed by atoms with Gasteiger partial charge in [-0.2, -0.15) is 0 Å². The normalized spacial score (nSPS) is 43.2. The fourth-order valence-electron chi connectivity index (χ4n) is 1.66. The summed E-state index contributed by atoms with van der Waals surface area (Å²) >= 11 is 0. The molecule has 0 aromatic rings. The molecule has 1 saturated carbocycles. The molecule has 2 rings (SSSR count). The topological polar surface area (TPSA) is 58.6 Å². The highest BCUT2D eigenvalue weighted by molar-refractivity contribution is 5.81. The van der Waals surface area contributed by atoms with Gasteiger partial charge >= 0.3 is 0 Å². The van der Waals surface area contributed by atoms with Crippen molar-refractivity contribution in [2.24, 2.45) is 11.8 Å². The molecule has 2 N–H and O–H groups in total. The Morgan fingerprint density at radius 3 is 2.69 bits per heavy atom. The predicted molar refractivity (Wildman–Crippen MR) is 46.0 cm³/mol. The van der Waals surface area contributed by atoms with E-state index < -0.39 is 6.10 Å². The molecule has 1 saturated heterocycles. The van der Waals surface area contributed by atoms with Gasteiger partial charge in [-0.25, -0.2) is 0 Å². The zero-order valence-corrected chi connectivity index (χ0v) is 7.69. The van der Waals surface area contributed by atoms with Crippen LogP contribution in [0.1, 0.15) is 13.3 Å². The molecular formula is C9H15NO3. The third-order valence-electron chi connectivity index (χ3n) is 2.82. The molecule has 4 atom stereocenters. The van der Waals surface area contributed by atoms with Crippen molar-refractivity contribution in [1.29, 1.82) is 0 Å². The summed E-state index contributed by atoms with van der Waals surface area (Å²) < 4.78 is 5.03. The molecule has 4 nitrogen and oxygen atoms in total. The van der Waals surface area contributed by atoms with Gasteiger partial charge in [0.1, 0.15) is 0 Å². The average Bonchev–Trinajstić information content (AvgIpc) is 2.68. The molecule has 0 aromatic carbocycles. The van der Waals surface area contributed by atoms with Crippen molar-refractivity contribution in [3.8, 4) is 0 Å². The van der Waals surface area contributed by atoms with Gasteiger partial charge in [-0.15, -0.1) is 0 Å². The van der Waals surface area contributed by atoms with Crippen LogP contribution < -0.4 is 5.32 Å². The van der Waals surface area contributed by atoms with Gasteiger partial charge < -0.3 is 15.2 Å². The average molecular weight is 185 g/mol. The van der Waals surface area contributed by atoms with E-state index in [9.17, 15) is 9.90 Å². The molecule has 2 fully saturated rings. The van der Waals surface area contributed by atoms with Crippen molar-refractivity contribution >= 4 is 5.91 Å². The molecule has 1 aliphatic heterocycles. The molecule has 2 aliphatic rings. The molecule has 1 aliphatic carbocycles. The van der Waals surface area contributed by atoms with Gasteiger partial charge in [0.2, 0.25) is 5.91 Å². The van der Waals surface area contributed by atoms with Crippen molar-refractivity contribution in [3.63, 3.8) is 0 Å². The van der Waals surface area contributed by atoms with Crippen molar-refractivity contribution < 1.29 is 14.6 Å². The Kier molecular flexibility index (Phi) is 2.26. The number of rotatable bonds is 2. The Balaban J connectivity index is 1.80. The van der Waals surface area contributed by atoms with E-state index in [0.29, 0.717) is 19.1 Å². The van der Waals surface area contributed by atoms with Crippen LogP contribution in [0.5, 0.6) is 0 Å². The quantitative estimate of drug-likeness (QED) is 0.611. The number of nitrogens with one attached hydrogen (secondary N) is 1. The highest BCUT2D eigenvalue weighted by Gasteiger charge is 2.41. The largest absolute Gasteiger partial charge is 0.388 e. The number of hydrogen-bond acceptors (Lipinski definition) is 3. The van der Waals surface area contributed by atoms with Gasteiger partial charge in [-0.05, 0) is 12.3 Å². The molecule has 0 aromatic heterocycles. The lowest BCUT2D eigenvalue weighted by molar-refractivity contribution is -0.123.